The van der Waals surface area contributed by atoms with E-state index in [-0.39, 0.29) is 78.4 Å². The van der Waals surface area contributed by atoms with Crippen molar-refractivity contribution in [2.45, 2.75) is 128 Å². The third-order valence-corrected chi connectivity index (χ3v) is 16.2. The number of aryl methyl sites for hydroxylation is 1. The number of hydrogen-bond acceptors (Lipinski definition) is 14. The summed E-state index contributed by atoms with van der Waals surface area (Å²) in [7, 11) is 0. The fraction of sp³-hybridized carbons (Fsp3) is 0.491. The largest absolute Gasteiger partial charge is 0.462 e. The molecule has 0 aliphatic carbocycles. The Hall–Kier alpha value is -6.41. The molecule has 4 aliphatic rings. The Morgan fingerprint density at radius 3 is 2.49 bits per heavy atom. The first-order chi connectivity index (χ1) is 35.6. The number of hydrogen-bond donors (Lipinski definition) is 5. The van der Waals surface area contributed by atoms with Crippen molar-refractivity contribution >= 4 is 56.6 Å². The van der Waals surface area contributed by atoms with E-state index in [1.807, 2.05) is 88.7 Å². The Labute approximate surface area is 433 Å². The molecule has 4 aliphatic heterocycles. The lowest BCUT2D eigenvalue weighted by atomic mass is 9.85. The van der Waals surface area contributed by atoms with Crippen LogP contribution in [0.5, 0.6) is 6.01 Å². The van der Waals surface area contributed by atoms with Gasteiger partial charge in [-0.05, 0) is 87.4 Å². The summed E-state index contributed by atoms with van der Waals surface area (Å²) in [5, 5.41) is 22.3. The van der Waals surface area contributed by atoms with Crippen molar-refractivity contribution in [3.05, 3.63) is 93.7 Å². The Bertz CT molecular complexity index is 3100. The van der Waals surface area contributed by atoms with Crippen molar-refractivity contribution in [1.82, 2.24) is 50.7 Å². The first kappa shape index (κ1) is 51.1. The van der Waals surface area contributed by atoms with Crippen molar-refractivity contribution in [2.75, 3.05) is 44.2 Å². The normalized spacial score (nSPS) is 21.9. The number of aromatic amines is 1. The number of thiazole rings is 1. The number of piperazine rings is 1. The summed E-state index contributed by atoms with van der Waals surface area (Å²) in [6.45, 7) is 12.8. The number of β-amino-alcohol motifs (C(OH)–C–C–N with tert-alkyl or cyclic N) is 1. The summed E-state index contributed by atoms with van der Waals surface area (Å²) < 4.78 is 23.3. The monoisotopic (exact) mass is 1030 g/mol. The molecule has 4 fully saturated rings. The van der Waals surface area contributed by atoms with Gasteiger partial charge in [0.05, 0.1) is 39.3 Å². The van der Waals surface area contributed by atoms with Crippen LogP contribution in [-0.4, -0.2) is 133 Å². The van der Waals surface area contributed by atoms with Gasteiger partial charge in [0.2, 0.25) is 23.3 Å². The fourth-order valence-corrected chi connectivity index (χ4v) is 12.1. The minimum atomic E-state index is -0.922. The third kappa shape index (κ3) is 10.9. The van der Waals surface area contributed by atoms with Crippen LogP contribution in [0.25, 0.3) is 43.5 Å². The number of halogens is 1. The van der Waals surface area contributed by atoms with Gasteiger partial charge in [0.25, 0.3) is 0 Å². The van der Waals surface area contributed by atoms with E-state index in [2.05, 4.69) is 45.7 Å². The van der Waals surface area contributed by atoms with Gasteiger partial charge in [-0.25, -0.2) is 9.37 Å². The first-order valence-corrected chi connectivity index (χ1v) is 26.9. The molecule has 0 saturated carbocycles. The van der Waals surface area contributed by atoms with E-state index >= 15 is 4.39 Å². The maximum absolute atomic E-state index is 16.9. The number of aliphatic hydroxyl groups is 1. The molecule has 2 bridgehead atoms. The molecule has 8 heterocycles. The van der Waals surface area contributed by atoms with Crippen LogP contribution >= 0.6 is 11.3 Å². The van der Waals surface area contributed by atoms with Crippen LogP contribution in [0.3, 0.4) is 0 Å². The van der Waals surface area contributed by atoms with Crippen molar-refractivity contribution in [3.63, 3.8) is 0 Å². The molecule has 0 radical (unpaired) electrons. The number of fused-ring (bicyclic) bond motifs is 4. The Morgan fingerprint density at radius 1 is 0.973 bits per heavy atom. The number of aromatic nitrogens is 5. The predicted molar refractivity (Wildman–Crippen MR) is 283 cm³/mol. The van der Waals surface area contributed by atoms with Crippen molar-refractivity contribution < 1.29 is 28.6 Å². The third-order valence-electron chi connectivity index (χ3n) is 15.2. The molecular formula is C55H66FN11O6S. The van der Waals surface area contributed by atoms with E-state index in [1.54, 1.807) is 17.5 Å². The number of carbonyl (C=O) groups is 3. The van der Waals surface area contributed by atoms with Crippen LogP contribution in [0.4, 0.5) is 10.2 Å². The number of rotatable bonds is 16. The van der Waals surface area contributed by atoms with Crippen molar-refractivity contribution in [3.8, 4) is 27.8 Å². The summed E-state index contributed by atoms with van der Waals surface area (Å²) in [6, 6.07) is 15.3. The molecule has 74 heavy (non-hydrogen) atoms. The molecule has 4 saturated heterocycles. The number of amides is 3. The quantitative estimate of drug-likeness (QED) is 0.0663. The molecule has 2 unspecified atom stereocenters. The van der Waals surface area contributed by atoms with Gasteiger partial charge in [0.15, 0.2) is 5.82 Å². The Balaban J connectivity index is 0.758. The number of pyridine rings is 2. The highest BCUT2D eigenvalue weighted by Gasteiger charge is 2.45. The lowest BCUT2D eigenvalue weighted by molar-refractivity contribution is -0.144. The number of ether oxygens (including phenoxy) is 1. The second-order valence-corrected chi connectivity index (χ2v) is 22.5. The molecule has 5 N–H and O–H groups in total. The van der Waals surface area contributed by atoms with Gasteiger partial charge in [0.1, 0.15) is 35.7 Å². The van der Waals surface area contributed by atoms with Crippen LogP contribution in [0, 0.1) is 18.2 Å². The standard InChI is InChI=1S/C55H66FN11O6S/c1-31(33-15-17-34(18-16-33)49-32(2)58-30-74-49)59-52(71)42-24-39(68)28-67(42)53(72)50(55(3,4)5)62-43(69)14-8-9-21-65-22-10-12-38(65)29-73-54-63-46-41(51(64-54)66-26-36-19-20-37(27-66)60-36)25-57-48(45(46)56)47-40-13-7-6-11-35(40)23-44(70)61-47/h6-7,11,13,15-18,23,25,30-31,36-39,42,50,60,68H,8-10,12,14,19-22,24,26-29H2,1-5H3,(H,59,71)(H,61,70)(H,62,69)/t31-,36?,37?,38-,39+,42-,50+/m0/s1. The number of nitrogens with one attached hydrogen (secondary N) is 4. The van der Waals surface area contributed by atoms with Gasteiger partial charge in [-0.2, -0.15) is 9.97 Å². The lowest BCUT2D eigenvalue weighted by Gasteiger charge is -2.35. The molecule has 0 spiro atoms. The number of benzene rings is 2. The zero-order valence-electron chi connectivity index (χ0n) is 42.7. The zero-order valence-corrected chi connectivity index (χ0v) is 43.5. The molecule has 19 heteroatoms. The minimum absolute atomic E-state index is 0.00717. The highest BCUT2D eigenvalue weighted by atomic mass is 32.1. The topological polar surface area (TPSA) is 211 Å². The average Bonchev–Trinajstić information content (AvgIpc) is 4.20. The van der Waals surface area contributed by atoms with Gasteiger partial charge in [-0.1, -0.05) is 69.3 Å². The predicted octanol–water partition coefficient (Wildman–Crippen LogP) is 6.43. The number of H-pyrrole nitrogens is 1. The average molecular weight is 1030 g/mol. The number of likely N-dealkylation sites (tertiary alicyclic amines) is 2. The molecule has 7 atom stereocenters. The van der Waals surface area contributed by atoms with Crippen LogP contribution in [0.15, 0.2) is 71.1 Å². The molecule has 3 amide bonds. The van der Waals surface area contributed by atoms with Crippen LogP contribution in [-0.2, 0) is 14.4 Å². The first-order valence-electron chi connectivity index (χ1n) is 26.0. The van der Waals surface area contributed by atoms with Gasteiger partial charge in [0, 0.05) is 68.3 Å². The molecule has 390 valence electrons. The number of aliphatic hydroxyl groups excluding tert-OH is 1. The number of unbranched alkanes of at least 4 members (excludes halogenated alkanes) is 1. The van der Waals surface area contributed by atoms with Crippen LogP contribution in [0.2, 0.25) is 0 Å². The molecular weight excluding hydrogens is 962 g/mol. The number of carbonyl (C=O) groups excluding carboxylic acids is 3. The van der Waals surface area contributed by atoms with E-state index < -0.39 is 35.3 Å². The van der Waals surface area contributed by atoms with Gasteiger partial charge < -0.3 is 40.6 Å². The van der Waals surface area contributed by atoms with E-state index in [4.69, 9.17) is 9.72 Å². The number of anilines is 1. The minimum Gasteiger partial charge on any atom is -0.462 e. The van der Waals surface area contributed by atoms with E-state index in [9.17, 15) is 24.3 Å². The summed E-state index contributed by atoms with van der Waals surface area (Å²) in [6.07, 6.45) is 6.29. The summed E-state index contributed by atoms with van der Waals surface area (Å²) in [5.41, 5.74) is 4.03. The van der Waals surface area contributed by atoms with Crippen molar-refractivity contribution in [2.24, 2.45) is 5.41 Å². The highest BCUT2D eigenvalue weighted by Crippen LogP contribution is 2.36. The zero-order chi connectivity index (χ0) is 51.8. The maximum atomic E-state index is 16.9. The molecule has 6 aromatic rings. The van der Waals surface area contributed by atoms with E-state index in [1.165, 1.54) is 11.0 Å². The number of nitrogens with zero attached hydrogens (tertiary/aromatic N) is 7. The van der Waals surface area contributed by atoms with Crippen LogP contribution < -0.4 is 31.1 Å². The Morgan fingerprint density at radius 2 is 1.74 bits per heavy atom. The summed E-state index contributed by atoms with van der Waals surface area (Å²) in [4.78, 5) is 82.8. The molecule has 4 aromatic heterocycles. The smallest absolute Gasteiger partial charge is 0.319 e. The molecule has 2 aromatic carbocycles. The second kappa shape index (κ2) is 21.4. The van der Waals surface area contributed by atoms with Crippen molar-refractivity contribution in [1.29, 1.82) is 0 Å². The van der Waals surface area contributed by atoms with Gasteiger partial charge in [-0.15, -0.1) is 11.3 Å². The highest BCUT2D eigenvalue weighted by molar-refractivity contribution is 7.13. The SMILES string of the molecule is Cc1ncsc1-c1ccc([C@H](C)NC(=O)[C@@H]2C[C@@H](O)CN2C(=O)[C@@H](NC(=O)CCCCN2CCC[C@H]2COc2nc(N3CC4CCC(C3)N4)c3cnc(-c4[nH]c(=O)cc5ccccc45)c(F)c3n2)C(C)(C)C)cc1. The summed E-state index contributed by atoms with van der Waals surface area (Å²) >= 11 is 1.58. The molecule has 10 rings (SSSR count). The lowest BCUT2D eigenvalue weighted by Crippen LogP contribution is -2.57. The van der Waals surface area contributed by atoms with Gasteiger partial charge in [-0.3, -0.25) is 29.1 Å². The van der Waals surface area contributed by atoms with E-state index in [0.29, 0.717) is 53.6 Å². The molecule has 17 nitrogen and oxygen atoms in total. The summed E-state index contributed by atoms with van der Waals surface area (Å²) in [5.74, 6) is -1.12. The fourth-order valence-electron chi connectivity index (χ4n) is 11.3. The van der Waals surface area contributed by atoms with Crippen LogP contribution in [0.1, 0.15) is 96.4 Å². The van der Waals surface area contributed by atoms with Gasteiger partial charge >= 0.3 is 6.01 Å². The second-order valence-electron chi connectivity index (χ2n) is 21.6. The Kier molecular flexibility index (Phi) is 14.8. The van der Waals surface area contributed by atoms with E-state index in [0.717, 1.165) is 66.9 Å². The maximum Gasteiger partial charge on any atom is 0.319 e.